The predicted octanol–water partition coefficient (Wildman–Crippen LogP) is 21.6. The zero-order chi connectivity index (χ0) is 56.2. The molecule has 0 aliphatic carbocycles. The zero-order valence-corrected chi connectivity index (χ0v) is 49.6. The maximum atomic E-state index is 12.3. The molecule has 0 amide bonds. The van der Waals surface area contributed by atoms with Gasteiger partial charge < -0.3 is 14.6 Å². The van der Waals surface area contributed by atoms with Crippen molar-refractivity contribution < 1.29 is 24.2 Å². The average molecular weight is 1070 g/mol. The lowest BCUT2D eigenvalue weighted by atomic mass is 10.0. The minimum atomic E-state index is -0.804. The summed E-state index contributed by atoms with van der Waals surface area (Å²) >= 11 is 0. The van der Waals surface area contributed by atoms with Crippen LogP contribution in [-0.2, 0) is 19.1 Å². The van der Waals surface area contributed by atoms with E-state index in [0.717, 1.165) is 148 Å². The molecule has 1 atom stereocenters. The topological polar surface area (TPSA) is 72.8 Å². The highest BCUT2D eigenvalue weighted by Crippen LogP contribution is 2.14. The number of hydrogen-bond acceptors (Lipinski definition) is 5. The van der Waals surface area contributed by atoms with Crippen molar-refractivity contribution in [1.29, 1.82) is 0 Å². The van der Waals surface area contributed by atoms with Gasteiger partial charge in [-0.15, -0.1) is 0 Å². The van der Waals surface area contributed by atoms with E-state index in [2.05, 4.69) is 208 Å². The number of unbranched alkanes of at least 4 members (excludes halogenated alkanes) is 14. The molecule has 1 N–H and O–H groups in total. The van der Waals surface area contributed by atoms with Gasteiger partial charge in [0.25, 0.3) is 0 Å². The fourth-order valence-electron chi connectivity index (χ4n) is 7.82. The molecule has 0 bridgehead atoms. The molecule has 434 valence electrons. The van der Waals surface area contributed by atoms with Gasteiger partial charge in [-0.1, -0.05) is 272 Å². The molecule has 0 radical (unpaired) electrons. The number of rotatable bonds is 54. The van der Waals surface area contributed by atoms with Crippen molar-refractivity contribution in [3.8, 4) is 0 Å². The van der Waals surface area contributed by atoms with Gasteiger partial charge in [-0.2, -0.15) is 0 Å². The number of hydrogen-bond donors (Lipinski definition) is 1. The normalized spacial score (nSPS) is 13.6. The van der Waals surface area contributed by atoms with Crippen LogP contribution in [-0.4, -0.2) is 36.4 Å². The Hall–Kier alpha value is -5.26. The van der Waals surface area contributed by atoms with E-state index in [1.807, 2.05) is 0 Å². The standard InChI is InChI=1S/C73H112O5/c1-3-5-7-9-11-13-15-17-19-21-23-25-27-29-30-31-32-33-34-35-36-37-38-39-40-41-42-44-46-48-50-52-54-56-58-60-62-64-66-68-73(76)78-71(69-74)70-77-72(75)67-65-63-61-59-57-55-53-51-49-47-45-43-28-26-24-22-20-18-16-14-12-10-8-6-4-2/h5-8,11-14,17-20,23-26,29-30,32-33,35-36,38-39,41-43,45,49,51,55,57,71,74H,3-4,9-10,15-16,21-22,27-28,31,34,37,40,44,46-48,50,52-54,56,58-70H2,1-2H3/b7-5-,8-6-,13-11-,14-12-,19-17-,20-18-,25-23-,26-24-,30-29-,33-32-,36-35-,39-38-,42-41-,45-43-,51-49-,57-55-. The summed E-state index contributed by atoms with van der Waals surface area (Å²) in [6, 6.07) is 0. The molecule has 0 aromatic heterocycles. The molecule has 5 nitrogen and oxygen atoms in total. The van der Waals surface area contributed by atoms with E-state index in [-0.39, 0.29) is 25.2 Å². The maximum Gasteiger partial charge on any atom is 0.306 e. The lowest BCUT2D eigenvalue weighted by Gasteiger charge is -2.15. The van der Waals surface area contributed by atoms with E-state index in [4.69, 9.17) is 9.47 Å². The average Bonchev–Trinajstić information content (AvgIpc) is 3.44. The van der Waals surface area contributed by atoms with E-state index in [1.54, 1.807) is 0 Å². The first-order valence-corrected chi connectivity index (χ1v) is 31.0. The molecule has 0 aliphatic heterocycles. The van der Waals surface area contributed by atoms with Gasteiger partial charge in [-0.3, -0.25) is 9.59 Å². The van der Waals surface area contributed by atoms with Gasteiger partial charge in [0.05, 0.1) is 6.61 Å². The Labute approximate surface area is 479 Å². The minimum Gasteiger partial charge on any atom is -0.462 e. The van der Waals surface area contributed by atoms with Crippen molar-refractivity contribution in [3.05, 3.63) is 194 Å². The Bertz CT molecular complexity index is 1830. The highest BCUT2D eigenvalue weighted by Gasteiger charge is 2.16. The third-order valence-corrected chi connectivity index (χ3v) is 12.4. The first-order valence-electron chi connectivity index (χ1n) is 31.0. The van der Waals surface area contributed by atoms with Gasteiger partial charge in [-0.25, -0.2) is 0 Å². The molecule has 78 heavy (non-hydrogen) atoms. The summed E-state index contributed by atoms with van der Waals surface area (Å²) < 4.78 is 10.7. The van der Waals surface area contributed by atoms with Gasteiger partial charge in [0, 0.05) is 12.8 Å². The molecule has 0 aromatic carbocycles. The molecule has 1 unspecified atom stereocenters. The largest absolute Gasteiger partial charge is 0.462 e. The van der Waals surface area contributed by atoms with Gasteiger partial charge in [-0.05, 0) is 141 Å². The van der Waals surface area contributed by atoms with Crippen molar-refractivity contribution >= 4 is 11.9 Å². The molecule has 0 saturated carbocycles. The van der Waals surface area contributed by atoms with Crippen LogP contribution in [0, 0.1) is 0 Å². The Morgan fingerprint density at radius 3 is 0.782 bits per heavy atom. The SMILES string of the molecule is CC/C=C\C/C=C\C/C=C\C/C=C\C/C=C\C/C=C\C/C=C\C/C=C\C/C=C\CCCCCCCCCCCCCC(=O)OC(CO)COC(=O)CCCCC/C=C\C/C=C\C/C=C\C/C=C\C/C=C\C/C=C\C/C=C\CC. The Balaban J connectivity index is 3.64. The molecule has 0 spiro atoms. The fourth-order valence-corrected chi connectivity index (χ4v) is 7.82. The number of carbonyl (C=O) groups is 2. The number of ether oxygens (including phenoxy) is 2. The van der Waals surface area contributed by atoms with E-state index >= 15 is 0 Å². The molecule has 0 aliphatic rings. The van der Waals surface area contributed by atoms with Crippen LogP contribution in [0.1, 0.15) is 232 Å². The van der Waals surface area contributed by atoms with Crippen molar-refractivity contribution in [2.45, 2.75) is 238 Å². The molecule has 0 heterocycles. The molecule has 0 saturated heterocycles. The number of aliphatic hydroxyl groups excluding tert-OH is 1. The number of esters is 2. The summed E-state index contributed by atoms with van der Waals surface area (Å²) in [7, 11) is 0. The summed E-state index contributed by atoms with van der Waals surface area (Å²) in [4.78, 5) is 24.6. The fraction of sp³-hybridized carbons (Fsp3) is 0.534. The Morgan fingerprint density at radius 2 is 0.513 bits per heavy atom. The Kier molecular flexibility index (Phi) is 61.6. The predicted molar refractivity (Wildman–Crippen MR) is 342 cm³/mol. The van der Waals surface area contributed by atoms with Gasteiger partial charge in [0.2, 0.25) is 0 Å². The summed E-state index contributed by atoms with van der Waals surface area (Å²) in [6.07, 6.45) is 106. The third kappa shape index (κ3) is 63.3. The van der Waals surface area contributed by atoms with Crippen molar-refractivity contribution in [2.75, 3.05) is 13.2 Å². The second kappa shape index (κ2) is 66.0. The van der Waals surface area contributed by atoms with E-state index in [1.165, 1.54) is 57.8 Å². The van der Waals surface area contributed by atoms with Crippen molar-refractivity contribution in [1.82, 2.24) is 0 Å². The van der Waals surface area contributed by atoms with Gasteiger partial charge in [0.1, 0.15) is 6.61 Å². The lowest BCUT2D eigenvalue weighted by Crippen LogP contribution is -2.28. The third-order valence-electron chi connectivity index (χ3n) is 12.4. The maximum absolute atomic E-state index is 12.3. The van der Waals surface area contributed by atoms with Crippen LogP contribution < -0.4 is 0 Å². The van der Waals surface area contributed by atoms with Gasteiger partial charge in [0.15, 0.2) is 6.10 Å². The van der Waals surface area contributed by atoms with Gasteiger partial charge >= 0.3 is 11.9 Å². The van der Waals surface area contributed by atoms with Crippen LogP contribution in [0.15, 0.2) is 194 Å². The number of allylic oxidation sites excluding steroid dienone is 32. The highest BCUT2D eigenvalue weighted by molar-refractivity contribution is 5.70. The van der Waals surface area contributed by atoms with Crippen LogP contribution >= 0.6 is 0 Å². The second-order valence-corrected chi connectivity index (χ2v) is 19.7. The Morgan fingerprint density at radius 1 is 0.295 bits per heavy atom. The number of aliphatic hydroxyl groups is 1. The van der Waals surface area contributed by atoms with Crippen molar-refractivity contribution in [3.63, 3.8) is 0 Å². The second-order valence-electron chi connectivity index (χ2n) is 19.7. The molecule has 0 aromatic rings. The van der Waals surface area contributed by atoms with Crippen LogP contribution in [0.25, 0.3) is 0 Å². The summed E-state index contributed by atoms with van der Waals surface area (Å²) in [5.41, 5.74) is 0. The highest BCUT2D eigenvalue weighted by atomic mass is 16.6. The lowest BCUT2D eigenvalue weighted by molar-refractivity contribution is -0.161. The molecule has 0 fully saturated rings. The van der Waals surface area contributed by atoms with Crippen LogP contribution in [0.4, 0.5) is 0 Å². The summed E-state index contributed by atoms with van der Waals surface area (Å²) in [5.74, 6) is -0.646. The van der Waals surface area contributed by atoms with E-state index < -0.39 is 6.10 Å². The monoisotopic (exact) mass is 1070 g/mol. The van der Waals surface area contributed by atoms with Crippen molar-refractivity contribution in [2.24, 2.45) is 0 Å². The quantitative estimate of drug-likeness (QED) is 0.0373. The molecule has 0 rings (SSSR count). The summed E-state index contributed by atoms with van der Waals surface area (Å²) in [6.45, 7) is 3.87. The first kappa shape index (κ1) is 72.7. The minimum absolute atomic E-state index is 0.0972. The van der Waals surface area contributed by atoms with Crippen LogP contribution in [0.5, 0.6) is 0 Å². The van der Waals surface area contributed by atoms with Crippen LogP contribution in [0.3, 0.4) is 0 Å². The van der Waals surface area contributed by atoms with E-state index in [0.29, 0.717) is 12.8 Å². The van der Waals surface area contributed by atoms with Crippen LogP contribution in [0.2, 0.25) is 0 Å². The molecular formula is C73H112O5. The zero-order valence-electron chi connectivity index (χ0n) is 49.6. The van der Waals surface area contributed by atoms with E-state index in [9.17, 15) is 14.7 Å². The number of carbonyl (C=O) groups excluding carboxylic acids is 2. The summed E-state index contributed by atoms with van der Waals surface area (Å²) in [5, 5.41) is 9.67. The first-order chi connectivity index (χ1) is 38.6. The molecule has 5 heteroatoms. The smallest absolute Gasteiger partial charge is 0.306 e. The molecular weight excluding hydrogens is 957 g/mol.